The molecule has 72 valence electrons. The number of hydrogen-bond acceptors (Lipinski definition) is 4. The average molecular weight is 203 g/mol. The summed E-state index contributed by atoms with van der Waals surface area (Å²) in [5.74, 6) is 1.06. The van der Waals surface area contributed by atoms with Crippen molar-refractivity contribution >= 4 is 11.6 Å². The average Bonchev–Trinajstić information content (AvgIpc) is 2.09. The normalized spacial score (nSPS) is 10.2. The highest BCUT2D eigenvalue weighted by molar-refractivity contribution is 6.30. The van der Waals surface area contributed by atoms with Gasteiger partial charge in [-0.2, -0.15) is 4.98 Å². The highest BCUT2D eigenvalue weighted by Gasteiger charge is 2.11. The molecule has 0 amide bonds. The fourth-order valence-corrected chi connectivity index (χ4v) is 1.23. The van der Waals surface area contributed by atoms with Crippen molar-refractivity contribution in [1.29, 1.82) is 0 Å². The monoisotopic (exact) mass is 202 g/mol. The van der Waals surface area contributed by atoms with Gasteiger partial charge in [0.2, 0.25) is 5.88 Å². The van der Waals surface area contributed by atoms with Gasteiger partial charge in [0.15, 0.2) is 0 Å². The third-order valence-corrected chi connectivity index (χ3v) is 1.83. The van der Waals surface area contributed by atoms with Crippen molar-refractivity contribution in [3.63, 3.8) is 0 Å². The Labute approximate surface area is 81.9 Å². The molecule has 1 rings (SSSR count). The highest BCUT2D eigenvalue weighted by atomic mass is 35.5. The molecular weight excluding hydrogens is 192 g/mol. The first-order valence-electron chi connectivity index (χ1n) is 3.75. The number of nitrogens with zero attached hydrogens (tertiary/aromatic N) is 2. The van der Waals surface area contributed by atoms with Gasteiger partial charge in [-0.15, -0.1) is 0 Å². The van der Waals surface area contributed by atoms with Crippen LogP contribution in [0.4, 0.5) is 0 Å². The van der Waals surface area contributed by atoms with Crippen LogP contribution in [0.1, 0.15) is 11.4 Å². The highest BCUT2D eigenvalue weighted by Crippen LogP contribution is 2.23. The maximum absolute atomic E-state index is 5.88. The smallest absolute Gasteiger partial charge is 0.223 e. The van der Waals surface area contributed by atoms with Crippen LogP contribution in [0.2, 0.25) is 5.15 Å². The summed E-state index contributed by atoms with van der Waals surface area (Å²) in [7, 11) is 3.12. The van der Waals surface area contributed by atoms with E-state index in [-0.39, 0.29) is 0 Å². The van der Waals surface area contributed by atoms with Crippen molar-refractivity contribution in [2.45, 2.75) is 13.5 Å². The zero-order valence-corrected chi connectivity index (χ0v) is 8.55. The van der Waals surface area contributed by atoms with E-state index < -0.39 is 0 Å². The van der Waals surface area contributed by atoms with Gasteiger partial charge in [-0.05, 0) is 6.92 Å². The molecule has 1 aromatic heterocycles. The van der Waals surface area contributed by atoms with Crippen molar-refractivity contribution in [3.05, 3.63) is 16.5 Å². The maximum Gasteiger partial charge on any atom is 0.223 e. The minimum absolute atomic E-state index is 0.349. The first-order chi connectivity index (χ1) is 6.19. The third kappa shape index (κ3) is 2.29. The minimum Gasteiger partial charge on any atom is -0.481 e. The van der Waals surface area contributed by atoms with Gasteiger partial charge < -0.3 is 9.47 Å². The molecule has 0 aromatic carbocycles. The molecule has 13 heavy (non-hydrogen) atoms. The van der Waals surface area contributed by atoms with E-state index in [9.17, 15) is 0 Å². The van der Waals surface area contributed by atoms with Gasteiger partial charge in [0.05, 0.1) is 19.3 Å². The second kappa shape index (κ2) is 4.39. The Hall–Kier alpha value is -0.870. The lowest BCUT2D eigenvalue weighted by molar-refractivity contribution is 0.180. The maximum atomic E-state index is 5.88. The molecule has 0 fully saturated rings. The summed E-state index contributed by atoms with van der Waals surface area (Å²) < 4.78 is 9.99. The van der Waals surface area contributed by atoms with Crippen LogP contribution in [0.15, 0.2) is 0 Å². The van der Waals surface area contributed by atoms with Crippen LogP contribution < -0.4 is 4.74 Å². The summed E-state index contributed by atoms with van der Waals surface area (Å²) in [5.41, 5.74) is 0.678. The van der Waals surface area contributed by atoms with Crippen molar-refractivity contribution in [2.24, 2.45) is 0 Å². The lowest BCUT2D eigenvalue weighted by Gasteiger charge is -2.08. The largest absolute Gasteiger partial charge is 0.481 e. The van der Waals surface area contributed by atoms with E-state index in [4.69, 9.17) is 21.1 Å². The van der Waals surface area contributed by atoms with E-state index in [0.717, 1.165) is 0 Å². The Balaban J connectivity index is 3.13. The molecule has 0 bridgehead atoms. The molecule has 0 N–H and O–H groups in total. The second-order valence-corrected chi connectivity index (χ2v) is 2.84. The van der Waals surface area contributed by atoms with E-state index in [1.807, 2.05) is 0 Å². The fourth-order valence-electron chi connectivity index (χ4n) is 0.972. The van der Waals surface area contributed by atoms with E-state index in [2.05, 4.69) is 9.97 Å². The van der Waals surface area contributed by atoms with Gasteiger partial charge in [0.25, 0.3) is 0 Å². The predicted octanol–water partition coefficient (Wildman–Crippen LogP) is 1.59. The number of hydrogen-bond donors (Lipinski definition) is 0. The third-order valence-electron chi connectivity index (χ3n) is 1.51. The molecule has 1 aromatic rings. The first kappa shape index (κ1) is 10.2. The molecule has 4 nitrogen and oxygen atoms in total. The Morgan fingerprint density at radius 3 is 2.54 bits per heavy atom. The zero-order chi connectivity index (χ0) is 9.84. The van der Waals surface area contributed by atoms with Crippen LogP contribution >= 0.6 is 11.6 Å². The molecular formula is C8H11ClN2O2. The minimum atomic E-state index is 0.349. The van der Waals surface area contributed by atoms with Crippen LogP contribution in [0.3, 0.4) is 0 Å². The van der Waals surface area contributed by atoms with Crippen LogP contribution in [0.25, 0.3) is 0 Å². The number of halogens is 1. The predicted molar refractivity (Wildman–Crippen MR) is 49.0 cm³/mol. The first-order valence-corrected chi connectivity index (χ1v) is 4.12. The SMILES string of the molecule is COCc1c(Cl)nc(C)nc1OC. The Kier molecular flexibility index (Phi) is 3.45. The Morgan fingerprint density at radius 1 is 1.31 bits per heavy atom. The van der Waals surface area contributed by atoms with Gasteiger partial charge in [0.1, 0.15) is 11.0 Å². The molecule has 0 radical (unpaired) electrons. The molecule has 0 saturated heterocycles. The molecule has 0 saturated carbocycles. The van der Waals surface area contributed by atoms with Gasteiger partial charge >= 0.3 is 0 Å². The van der Waals surface area contributed by atoms with Crippen LogP contribution in [0.5, 0.6) is 5.88 Å². The summed E-state index contributed by atoms with van der Waals surface area (Å²) >= 11 is 5.88. The topological polar surface area (TPSA) is 44.2 Å². The summed E-state index contributed by atoms with van der Waals surface area (Å²) in [6.07, 6.45) is 0. The van der Waals surface area contributed by atoms with E-state index in [0.29, 0.717) is 29.0 Å². The molecule has 0 unspecified atom stereocenters. The standard InChI is InChI=1S/C8H11ClN2O2/c1-5-10-7(9)6(4-12-2)8(11-5)13-3/h4H2,1-3H3. The number of methoxy groups -OCH3 is 2. The summed E-state index contributed by atoms with van der Waals surface area (Å²) in [6.45, 7) is 2.10. The van der Waals surface area contributed by atoms with Crippen molar-refractivity contribution in [3.8, 4) is 5.88 Å². The van der Waals surface area contributed by atoms with E-state index in [1.54, 1.807) is 14.0 Å². The number of aryl methyl sites for hydroxylation is 1. The number of rotatable bonds is 3. The lowest BCUT2D eigenvalue weighted by Crippen LogP contribution is -2.01. The lowest BCUT2D eigenvalue weighted by atomic mass is 10.3. The molecule has 0 atom stereocenters. The van der Waals surface area contributed by atoms with Gasteiger partial charge in [-0.3, -0.25) is 0 Å². The van der Waals surface area contributed by atoms with Crippen LogP contribution in [0, 0.1) is 6.92 Å². The Bertz CT molecular complexity index is 304. The zero-order valence-electron chi connectivity index (χ0n) is 7.80. The van der Waals surface area contributed by atoms with Crippen molar-refractivity contribution < 1.29 is 9.47 Å². The van der Waals surface area contributed by atoms with Gasteiger partial charge in [0, 0.05) is 7.11 Å². The Morgan fingerprint density at radius 2 is 2.00 bits per heavy atom. The van der Waals surface area contributed by atoms with E-state index >= 15 is 0 Å². The van der Waals surface area contributed by atoms with Crippen LogP contribution in [-0.4, -0.2) is 24.2 Å². The van der Waals surface area contributed by atoms with E-state index in [1.165, 1.54) is 7.11 Å². The molecule has 0 aliphatic carbocycles. The molecule has 5 heteroatoms. The van der Waals surface area contributed by atoms with Crippen LogP contribution in [-0.2, 0) is 11.3 Å². The molecule has 0 aliphatic rings. The fraction of sp³-hybridized carbons (Fsp3) is 0.500. The molecule has 0 aliphatic heterocycles. The summed E-state index contributed by atoms with van der Waals surface area (Å²) in [5, 5.41) is 0.381. The summed E-state index contributed by atoms with van der Waals surface area (Å²) in [6, 6.07) is 0. The molecule has 0 spiro atoms. The van der Waals surface area contributed by atoms with Gasteiger partial charge in [-0.25, -0.2) is 4.98 Å². The molecule has 1 heterocycles. The quantitative estimate of drug-likeness (QED) is 0.699. The number of aromatic nitrogens is 2. The van der Waals surface area contributed by atoms with Crippen molar-refractivity contribution in [2.75, 3.05) is 14.2 Å². The number of ether oxygens (including phenoxy) is 2. The van der Waals surface area contributed by atoms with Gasteiger partial charge in [-0.1, -0.05) is 11.6 Å². The second-order valence-electron chi connectivity index (χ2n) is 2.48. The van der Waals surface area contributed by atoms with Crippen molar-refractivity contribution in [1.82, 2.24) is 9.97 Å². The summed E-state index contributed by atoms with van der Waals surface area (Å²) in [4.78, 5) is 8.07.